The molecule has 2 unspecified atom stereocenters. The molecular weight excluding hydrogens is 442 g/mol. The minimum absolute atomic E-state index is 0.144. The Morgan fingerprint density at radius 2 is 1.44 bits per heavy atom. The summed E-state index contributed by atoms with van der Waals surface area (Å²) in [5, 5.41) is 3.67. The van der Waals surface area contributed by atoms with Gasteiger partial charge in [-0.25, -0.2) is 4.98 Å². The predicted octanol–water partition coefficient (Wildman–Crippen LogP) is 6.44. The zero-order valence-corrected chi connectivity index (χ0v) is 19.9. The van der Waals surface area contributed by atoms with Crippen LogP contribution < -0.4 is 10.2 Å². The maximum Gasteiger partial charge on any atom is 0.151 e. The molecule has 0 amide bonds. The van der Waals surface area contributed by atoms with Crippen LogP contribution in [0.4, 0.5) is 5.69 Å². The summed E-state index contributed by atoms with van der Waals surface area (Å²) in [6.07, 6.45) is 1.86. The number of para-hydroxylation sites is 3. The molecule has 0 aliphatic carbocycles. The highest BCUT2D eigenvalue weighted by Gasteiger charge is 2.35. The number of nitrogens with zero attached hydrogens (tertiary/aromatic N) is 4. The second-order valence-corrected chi connectivity index (χ2v) is 9.23. The molecule has 5 aromatic rings. The average molecular weight is 468 g/mol. The molecule has 1 N–H and O–H groups in total. The van der Waals surface area contributed by atoms with Crippen molar-refractivity contribution in [2.45, 2.75) is 12.3 Å². The summed E-state index contributed by atoms with van der Waals surface area (Å²) in [6.45, 7) is 0. The van der Waals surface area contributed by atoms with E-state index in [1.165, 1.54) is 0 Å². The maximum absolute atomic E-state index is 5.30. The topological polar surface area (TPSA) is 45.5 Å². The molecule has 1 aromatic heterocycles. The summed E-state index contributed by atoms with van der Waals surface area (Å²) in [4.78, 5) is 12.7. The first-order valence-corrected chi connectivity index (χ1v) is 12.2. The molecule has 2 aliphatic rings. The number of hydrogen-bond acceptors (Lipinski definition) is 4. The first-order chi connectivity index (χ1) is 17.8. The quantitative estimate of drug-likeness (QED) is 0.332. The van der Waals surface area contributed by atoms with Crippen LogP contribution in [0.5, 0.6) is 0 Å². The number of anilines is 1. The molecule has 0 fully saturated rings. The molecule has 0 saturated carbocycles. The SMILES string of the molecule is CN1c2ccccc2-c2nc3ccccc3n2C1C1=NC(c2ccccc2)NC(c2ccccc2)=C1. The lowest BCUT2D eigenvalue weighted by molar-refractivity contribution is 0.604. The molecule has 5 nitrogen and oxygen atoms in total. The number of aromatic nitrogens is 2. The van der Waals surface area contributed by atoms with Gasteiger partial charge >= 0.3 is 0 Å². The van der Waals surface area contributed by atoms with Gasteiger partial charge in [-0.3, -0.25) is 9.56 Å². The van der Waals surface area contributed by atoms with Crippen LogP contribution in [0.2, 0.25) is 0 Å². The van der Waals surface area contributed by atoms with E-state index in [4.69, 9.17) is 9.98 Å². The fourth-order valence-corrected chi connectivity index (χ4v) is 5.36. The average Bonchev–Trinajstić information content (AvgIpc) is 3.34. The molecule has 174 valence electrons. The Morgan fingerprint density at radius 1 is 0.750 bits per heavy atom. The predicted molar refractivity (Wildman–Crippen MR) is 147 cm³/mol. The third-order valence-electron chi connectivity index (χ3n) is 7.06. The van der Waals surface area contributed by atoms with E-state index in [-0.39, 0.29) is 12.3 Å². The number of imidazole rings is 1. The van der Waals surface area contributed by atoms with E-state index >= 15 is 0 Å². The Kier molecular flexibility index (Phi) is 4.74. The van der Waals surface area contributed by atoms with Crippen LogP contribution in [0.25, 0.3) is 28.1 Å². The highest BCUT2D eigenvalue weighted by Crippen LogP contribution is 2.43. The summed E-state index contributed by atoms with van der Waals surface area (Å²) in [7, 11) is 2.15. The second-order valence-electron chi connectivity index (χ2n) is 9.23. The zero-order valence-electron chi connectivity index (χ0n) is 19.9. The molecule has 0 radical (unpaired) electrons. The molecule has 2 aliphatic heterocycles. The van der Waals surface area contributed by atoms with Gasteiger partial charge in [-0.1, -0.05) is 84.9 Å². The molecule has 36 heavy (non-hydrogen) atoms. The molecule has 0 bridgehead atoms. The van der Waals surface area contributed by atoms with Crippen LogP contribution in [0.15, 0.2) is 120 Å². The Balaban J connectivity index is 1.46. The Morgan fingerprint density at radius 3 is 2.28 bits per heavy atom. The zero-order chi connectivity index (χ0) is 24.1. The first-order valence-electron chi connectivity index (χ1n) is 12.2. The van der Waals surface area contributed by atoms with Gasteiger partial charge in [0.2, 0.25) is 0 Å². The van der Waals surface area contributed by atoms with Crippen molar-refractivity contribution in [2.24, 2.45) is 4.99 Å². The normalized spacial score (nSPS) is 18.6. The lowest BCUT2D eigenvalue weighted by Crippen LogP contribution is -2.40. The van der Waals surface area contributed by atoms with Gasteiger partial charge in [-0.05, 0) is 41.5 Å². The fraction of sp³-hybridized carbons (Fsp3) is 0.0968. The van der Waals surface area contributed by atoms with Crippen molar-refractivity contribution in [2.75, 3.05) is 11.9 Å². The van der Waals surface area contributed by atoms with Gasteiger partial charge in [-0.2, -0.15) is 0 Å². The number of benzene rings is 4. The van der Waals surface area contributed by atoms with E-state index in [2.05, 4.69) is 119 Å². The Bertz CT molecular complexity index is 1630. The molecule has 4 aromatic carbocycles. The fourth-order valence-electron chi connectivity index (χ4n) is 5.36. The lowest BCUT2D eigenvalue weighted by Gasteiger charge is -2.39. The summed E-state index contributed by atoms with van der Waals surface area (Å²) in [5.41, 5.74) is 8.70. The maximum atomic E-state index is 5.30. The number of hydrogen-bond donors (Lipinski definition) is 1. The smallest absolute Gasteiger partial charge is 0.151 e. The Labute approximate surface area is 210 Å². The van der Waals surface area contributed by atoms with Gasteiger partial charge in [0.05, 0.1) is 16.7 Å². The number of rotatable bonds is 3. The summed E-state index contributed by atoms with van der Waals surface area (Å²) in [6, 6.07) is 37.8. The monoisotopic (exact) mass is 467 g/mol. The molecule has 0 saturated heterocycles. The third kappa shape index (κ3) is 3.24. The minimum Gasteiger partial charge on any atom is -0.360 e. The van der Waals surface area contributed by atoms with Gasteiger partial charge in [0.15, 0.2) is 6.17 Å². The van der Waals surface area contributed by atoms with Crippen LogP contribution in [0.1, 0.15) is 23.5 Å². The van der Waals surface area contributed by atoms with Gasteiger partial charge in [0.1, 0.15) is 12.0 Å². The van der Waals surface area contributed by atoms with E-state index < -0.39 is 0 Å². The number of nitrogens with one attached hydrogen (secondary N) is 1. The van der Waals surface area contributed by atoms with Crippen molar-refractivity contribution >= 4 is 28.1 Å². The molecule has 7 rings (SSSR count). The van der Waals surface area contributed by atoms with Gasteiger partial charge in [0, 0.05) is 24.0 Å². The van der Waals surface area contributed by atoms with Crippen LogP contribution in [0, 0.1) is 0 Å². The van der Waals surface area contributed by atoms with Gasteiger partial charge < -0.3 is 10.2 Å². The first kappa shape index (κ1) is 20.7. The molecule has 5 heteroatoms. The standard InChI is InChI=1S/C31H25N5/c1-35-27-18-10-8-16-23(27)30-34-24-17-9-11-19-28(24)36(30)31(35)26-20-25(21-12-4-2-5-13-21)32-29(33-26)22-14-6-3-7-15-22/h2-20,29,31-32H,1H3. The van der Waals surface area contributed by atoms with E-state index in [9.17, 15) is 0 Å². The van der Waals surface area contributed by atoms with Gasteiger partial charge in [0.25, 0.3) is 0 Å². The highest BCUT2D eigenvalue weighted by atomic mass is 15.3. The van der Waals surface area contributed by atoms with E-state index in [0.29, 0.717) is 0 Å². The van der Waals surface area contributed by atoms with Crippen LogP contribution >= 0.6 is 0 Å². The van der Waals surface area contributed by atoms with Gasteiger partial charge in [-0.15, -0.1) is 0 Å². The van der Waals surface area contributed by atoms with Crippen LogP contribution in [0.3, 0.4) is 0 Å². The van der Waals surface area contributed by atoms with Crippen molar-refractivity contribution < 1.29 is 0 Å². The van der Waals surface area contributed by atoms with Crippen LogP contribution in [-0.2, 0) is 0 Å². The molecule has 3 heterocycles. The lowest BCUT2D eigenvalue weighted by atomic mass is 10.0. The summed E-state index contributed by atoms with van der Waals surface area (Å²) >= 11 is 0. The van der Waals surface area contributed by atoms with E-state index in [1.54, 1.807) is 0 Å². The van der Waals surface area contributed by atoms with E-state index in [1.807, 2.05) is 18.2 Å². The van der Waals surface area contributed by atoms with Crippen LogP contribution in [-0.4, -0.2) is 22.3 Å². The highest BCUT2D eigenvalue weighted by molar-refractivity contribution is 6.07. The Hall–Kier alpha value is -4.64. The van der Waals surface area contributed by atoms with E-state index in [0.717, 1.165) is 50.6 Å². The van der Waals surface area contributed by atoms with Crippen molar-refractivity contribution in [3.8, 4) is 11.4 Å². The largest absolute Gasteiger partial charge is 0.360 e. The molecule has 0 spiro atoms. The number of aliphatic imine (C=N–C) groups is 1. The minimum atomic E-state index is -0.190. The summed E-state index contributed by atoms with van der Waals surface area (Å²) < 4.78 is 2.34. The third-order valence-corrected chi connectivity index (χ3v) is 7.06. The summed E-state index contributed by atoms with van der Waals surface area (Å²) in [5.74, 6) is 0.974. The van der Waals surface area contributed by atoms with Crippen molar-refractivity contribution in [1.29, 1.82) is 0 Å². The van der Waals surface area contributed by atoms with Crippen molar-refractivity contribution in [3.05, 3.63) is 126 Å². The van der Waals surface area contributed by atoms with Crippen molar-refractivity contribution in [3.63, 3.8) is 0 Å². The molecular formula is C31H25N5. The number of fused-ring (bicyclic) bond motifs is 5. The molecule has 2 atom stereocenters. The van der Waals surface area contributed by atoms with Crippen molar-refractivity contribution in [1.82, 2.24) is 14.9 Å². The second kappa shape index (κ2) is 8.24.